The van der Waals surface area contributed by atoms with E-state index in [2.05, 4.69) is 4.74 Å². The van der Waals surface area contributed by atoms with Crippen molar-refractivity contribution in [1.82, 2.24) is 0 Å². The molecule has 18 heavy (non-hydrogen) atoms. The minimum Gasteiger partial charge on any atom is -0.494 e. The average Bonchev–Trinajstić information content (AvgIpc) is 2.43. The van der Waals surface area contributed by atoms with Crippen LogP contribution in [0.4, 0.5) is 0 Å². The van der Waals surface area contributed by atoms with Gasteiger partial charge in [-0.05, 0) is 31.0 Å². The van der Waals surface area contributed by atoms with Gasteiger partial charge < -0.3 is 14.6 Å². The van der Waals surface area contributed by atoms with Crippen LogP contribution in [0.25, 0.3) is 0 Å². The highest BCUT2D eigenvalue weighted by atomic mass is 16.5. The lowest BCUT2D eigenvalue weighted by Gasteiger charge is -2.17. The first-order valence-electron chi connectivity index (χ1n) is 6.08. The van der Waals surface area contributed by atoms with Crippen LogP contribution in [0.2, 0.25) is 0 Å². The second kappa shape index (κ2) is 7.01. The second-order valence-electron chi connectivity index (χ2n) is 4.17. The fraction of sp³-hybridized carbons (Fsp3) is 0.500. The molecule has 4 nitrogen and oxygen atoms in total. The van der Waals surface area contributed by atoms with E-state index in [0.29, 0.717) is 12.2 Å². The number of rotatable bonds is 6. The topological polar surface area (TPSA) is 55.8 Å². The third-order valence-corrected chi connectivity index (χ3v) is 2.74. The molecule has 4 heteroatoms. The molecule has 2 unspecified atom stereocenters. The number of aliphatic hydroxyl groups excluding tert-OH is 1. The third kappa shape index (κ3) is 3.74. The molecule has 1 N–H and O–H groups in total. The van der Waals surface area contributed by atoms with E-state index in [-0.39, 0.29) is 0 Å². The predicted octanol–water partition coefficient (Wildman–Crippen LogP) is 2.32. The number of carbonyl (C=O) groups excluding carboxylic acids is 1. The van der Waals surface area contributed by atoms with Crippen molar-refractivity contribution in [3.8, 4) is 5.75 Å². The normalized spacial score (nSPS) is 13.8. The van der Waals surface area contributed by atoms with E-state index in [0.717, 1.165) is 12.2 Å². The molecule has 0 aromatic heterocycles. The summed E-state index contributed by atoms with van der Waals surface area (Å²) in [6.07, 6.45) is 0.0849. The molecule has 1 aromatic rings. The minimum absolute atomic E-state index is 0.422. The Hall–Kier alpha value is -1.55. The van der Waals surface area contributed by atoms with Crippen molar-refractivity contribution in [2.24, 2.45) is 5.92 Å². The summed E-state index contributed by atoms with van der Waals surface area (Å²) >= 11 is 0. The Balaban J connectivity index is 2.69. The lowest BCUT2D eigenvalue weighted by Crippen LogP contribution is -2.20. The maximum atomic E-state index is 11.3. The summed E-state index contributed by atoms with van der Waals surface area (Å²) in [5.74, 6) is -0.246. The van der Waals surface area contributed by atoms with Crippen molar-refractivity contribution in [2.75, 3.05) is 13.7 Å². The highest BCUT2D eigenvalue weighted by Gasteiger charge is 2.24. The number of benzene rings is 1. The smallest absolute Gasteiger partial charge is 0.311 e. The Bertz CT molecular complexity index is 372. The van der Waals surface area contributed by atoms with Gasteiger partial charge in [0.25, 0.3) is 0 Å². The van der Waals surface area contributed by atoms with Crippen LogP contribution in [0, 0.1) is 5.92 Å². The van der Waals surface area contributed by atoms with E-state index in [1.54, 1.807) is 31.2 Å². The van der Waals surface area contributed by atoms with Crippen molar-refractivity contribution in [3.63, 3.8) is 0 Å². The third-order valence-electron chi connectivity index (χ3n) is 2.74. The Kier molecular flexibility index (Phi) is 5.65. The summed E-state index contributed by atoms with van der Waals surface area (Å²) in [5.41, 5.74) is 0.678. The van der Waals surface area contributed by atoms with Crippen molar-refractivity contribution in [2.45, 2.75) is 26.4 Å². The number of aliphatic hydroxyl groups is 1. The summed E-state index contributed by atoms with van der Waals surface area (Å²) in [7, 11) is 1.31. The number of hydrogen-bond acceptors (Lipinski definition) is 4. The Morgan fingerprint density at radius 1 is 1.33 bits per heavy atom. The number of esters is 1. The molecule has 2 atom stereocenters. The first-order chi connectivity index (χ1) is 8.60. The van der Waals surface area contributed by atoms with Crippen molar-refractivity contribution < 1.29 is 19.4 Å². The fourth-order valence-corrected chi connectivity index (χ4v) is 1.58. The van der Waals surface area contributed by atoms with Crippen LogP contribution in [-0.2, 0) is 9.53 Å². The van der Waals surface area contributed by atoms with Gasteiger partial charge in [0.15, 0.2) is 0 Å². The fourth-order valence-electron chi connectivity index (χ4n) is 1.58. The maximum absolute atomic E-state index is 11.3. The largest absolute Gasteiger partial charge is 0.494 e. The van der Waals surface area contributed by atoms with Gasteiger partial charge in [-0.2, -0.15) is 0 Å². The molecule has 0 heterocycles. The molecule has 0 fully saturated rings. The van der Waals surface area contributed by atoms with E-state index in [1.807, 2.05) is 6.92 Å². The molecule has 100 valence electrons. The van der Waals surface area contributed by atoms with Crippen LogP contribution in [-0.4, -0.2) is 24.8 Å². The van der Waals surface area contributed by atoms with Crippen LogP contribution in [0.15, 0.2) is 24.3 Å². The second-order valence-corrected chi connectivity index (χ2v) is 4.17. The predicted molar refractivity (Wildman–Crippen MR) is 68.4 cm³/mol. The van der Waals surface area contributed by atoms with E-state index in [1.165, 1.54) is 7.11 Å². The SMILES string of the molecule is CCCOc1ccc(C(O)C(C)C(=O)OC)cc1. The van der Waals surface area contributed by atoms with Gasteiger partial charge in [0.1, 0.15) is 5.75 Å². The Morgan fingerprint density at radius 3 is 2.44 bits per heavy atom. The van der Waals surface area contributed by atoms with Gasteiger partial charge in [-0.25, -0.2) is 0 Å². The summed E-state index contributed by atoms with van der Waals surface area (Å²) in [6, 6.07) is 7.10. The molecule has 0 amide bonds. The minimum atomic E-state index is -0.863. The number of methoxy groups -OCH3 is 1. The molecule has 1 aromatic carbocycles. The van der Waals surface area contributed by atoms with Gasteiger partial charge >= 0.3 is 5.97 Å². The standard InChI is InChI=1S/C14H20O4/c1-4-9-18-12-7-5-11(6-8-12)13(15)10(2)14(16)17-3/h5-8,10,13,15H,4,9H2,1-3H3. The molecule has 0 aliphatic carbocycles. The molecule has 1 rings (SSSR count). The molecular formula is C14H20O4. The summed E-state index contributed by atoms with van der Waals surface area (Å²) < 4.78 is 10.1. The highest BCUT2D eigenvalue weighted by Crippen LogP contribution is 2.24. The molecule has 0 aliphatic heterocycles. The number of hydrogen-bond donors (Lipinski definition) is 1. The molecule has 0 spiro atoms. The van der Waals surface area contributed by atoms with Gasteiger partial charge in [-0.3, -0.25) is 4.79 Å². The van der Waals surface area contributed by atoms with Crippen LogP contribution >= 0.6 is 0 Å². The van der Waals surface area contributed by atoms with Crippen molar-refractivity contribution in [1.29, 1.82) is 0 Å². The van der Waals surface area contributed by atoms with E-state index >= 15 is 0 Å². The van der Waals surface area contributed by atoms with Crippen LogP contribution in [0.3, 0.4) is 0 Å². The molecule has 0 saturated heterocycles. The van der Waals surface area contributed by atoms with E-state index < -0.39 is 18.0 Å². The zero-order chi connectivity index (χ0) is 13.5. The lowest BCUT2D eigenvalue weighted by molar-refractivity contribution is -0.148. The lowest BCUT2D eigenvalue weighted by atomic mass is 9.97. The maximum Gasteiger partial charge on any atom is 0.311 e. The Morgan fingerprint density at radius 2 is 1.94 bits per heavy atom. The van der Waals surface area contributed by atoms with E-state index in [9.17, 15) is 9.90 Å². The number of carbonyl (C=O) groups is 1. The average molecular weight is 252 g/mol. The zero-order valence-electron chi connectivity index (χ0n) is 11.1. The van der Waals surface area contributed by atoms with Crippen LogP contribution in [0.1, 0.15) is 31.9 Å². The van der Waals surface area contributed by atoms with Gasteiger partial charge in [-0.15, -0.1) is 0 Å². The van der Waals surface area contributed by atoms with Gasteiger partial charge in [-0.1, -0.05) is 19.1 Å². The molecule has 0 saturated carbocycles. The van der Waals surface area contributed by atoms with E-state index in [4.69, 9.17) is 4.74 Å². The van der Waals surface area contributed by atoms with Crippen molar-refractivity contribution in [3.05, 3.63) is 29.8 Å². The molecule has 0 radical (unpaired) electrons. The quantitative estimate of drug-likeness (QED) is 0.789. The first kappa shape index (κ1) is 14.5. The summed E-state index contributed by atoms with van der Waals surface area (Å²) in [5, 5.41) is 10.0. The summed E-state index contributed by atoms with van der Waals surface area (Å²) in [6.45, 7) is 4.34. The summed E-state index contributed by atoms with van der Waals surface area (Å²) in [4.78, 5) is 11.3. The van der Waals surface area contributed by atoms with Gasteiger partial charge in [0.2, 0.25) is 0 Å². The monoisotopic (exact) mass is 252 g/mol. The first-order valence-corrected chi connectivity index (χ1v) is 6.08. The molecule has 0 bridgehead atoms. The molecular weight excluding hydrogens is 232 g/mol. The van der Waals surface area contributed by atoms with Gasteiger partial charge in [0.05, 0.1) is 25.7 Å². The molecule has 0 aliphatic rings. The number of ether oxygens (including phenoxy) is 2. The zero-order valence-corrected chi connectivity index (χ0v) is 11.1. The Labute approximate surface area is 108 Å². The van der Waals surface area contributed by atoms with Crippen LogP contribution in [0.5, 0.6) is 5.75 Å². The van der Waals surface area contributed by atoms with Crippen molar-refractivity contribution >= 4 is 5.97 Å². The van der Waals surface area contributed by atoms with Gasteiger partial charge in [0, 0.05) is 0 Å². The highest BCUT2D eigenvalue weighted by molar-refractivity contribution is 5.72. The van der Waals surface area contributed by atoms with Crippen LogP contribution < -0.4 is 4.74 Å².